The number of nitrogens with zero attached hydrogens (tertiary/aromatic N) is 3. The zero-order valence-electron chi connectivity index (χ0n) is 17.6. The molecular formula is C23H27N5O2. The standard InChI is InChI=1S/C23H27N5O2/c1-16-10-12-18(13-11-16)26-22(29)28(19-8-6-5-7-9-19)20-14-15-24-21(27-20)25-17(2)23(3,4)30/h5-15,17,30H,1-4H3,(H,26,29)(H,24,25,27). The smallest absolute Gasteiger partial charge is 0.332 e. The summed E-state index contributed by atoms with van der Waals surface area (Å²) in [5, 5.41) is 16.2. The van der Waals surface area contributed by atoms with E-state index in [4.69, 9.17) is 0 Å². The van der Waals surface area contributed by atoms with Crippen molar-refractivity contribution in [3.8, 4) is 0 Å². The highest BCUT2D eigenvalue weighted by Gasteiger charge is 2.24. The maximum atomic E-state index is 13.2. The molecule has 0 aliphatic carbocycles. The predicted molar refractivity (Wildman–Crippen MR) is 120 cm³/mol. The number of aromatic nitrogens is 2. The summed E-state index contributed by atoms with van der Waals surface area (Å²) in [5.41, 5.74) is 1.51. The Labute approximate surface area is 176 Å². The molecule has 3 aromatic rings. The van der Waals surface area contributed by atoms with Crippen molar-refractivity contribution in [1.82, 2.24) is 9.97 Å². The lowest BCUT2D eigenvalue weighted by atomic mass is 10.0. The number of amides is 2. The number of aliphatic hydroxyl groups is 1. The minimum atomic E-state index is -0.957. The number of nitrogens with one attached hydrogen (secondary N) is 2. The number of hydrogen-bond acceptors (Lipinski definition) is 5. The van der Waals surface area contributed by atoms with E-state index >= 15 is 0 Å². The van der Waals surface area contributed by atoms with Gasteiger partial charge in [0.05, 0.1) is 17.3 Å². The van der Waals surface area contributed by atoms with E-state index in [0.717, 1.165) is 5.56 Å². The zero-order chi connectivity index (χ0) is 21.7. The van der Waals surface area contributed by atoms with Crippen LogP contribution in [-0.2, 0) is 0 Å². The van der Waals surface area contributed by atoms with Crippen LogP contribution in [0.2, 0.25) is 0 Å². The Bertz CT molecular complexity index is 984. The van der Waals surface area contributed by atoms with Crippen LogP contribution in [0.3, 0.4) is 0 Å². The number of urea groups is 1. The van der Waals surface area contributed by atoms with Crippen LogP contribution in [0.15, 0.2) is 66.9 Å². The Morgan fingerprint density at radius 3 is 2.37 bits per heavy atom. The van der Waals surface area contributed by atoms with Crippen LogP contribution in [0, 0.1) is 6.92 Å². The number of anilines is 4. The van der Waals surface area contributed by atoms with Gasteiger partial charge in [-0.05, 0) is 52.0 Å². The number of carbonyl (C=O) groups is 1. The maximum Gasteiger partial charge on any atom is 0.332 e. The van der Waals surface area contributed by atoms with E-state index in [-0.39, 0.29) is 12.1 Å². The number of rotatable bonds is 6. The zero-order valence-corrected chi connectivity index (χ0v) is 17.6. The van der Waals surface area contributed by atoms with Gasteiger partial charge in [-0.25, -0.2) is 14.7 Å². The molecule has 156 valence electrons. The SMILES string of the molecule is Cc1ccc(NC(=O)N(c2ccccc2)c2ccnc(NC(C)C(C)(C)O)n2)cc1. The van der Waals surface area contributed by atoms with Crippen molar-refractivity contribution in [2.24, 2.45) is 0 Å². The second kappa shape index (κ2) is 8.92. The summed E-state index contributed by atoms with van der Waals surface area (Å²) in [6.07, 6.45) is 1.58. The van der Waals surface area contributed by atoms with Crippen molar-refractivity contribution >= 4 is 29.2 Å². The third-order valence-electron chi connectivity index (χ3n) is 4.80. The fourth-order valence-electron chi connectivity index (χ4n) is 2.66. The summed E-state index contributed by atoms with van der Waals surface area (Å²) < 4.78 is 0. The first kappa shape index (κ1) is 21.3. The summed E-state index contributed by atoms with van der Waals surface area (Å²) in [6, 6.07) is 17.9. The van der Waals surface area contributed by atoms with Crippen LogP contribution in [-0.4, -0.2) is 32.7 Å². The van der Waals surface area contributed by atoms with Crippen LogP contribution in [0.4, 0.5) is 27.9 Å². The molecule has 0 aliphatic rings. The molecule has 0 radical (unpaired) electrons. The Hall–Kier alpha value is -3.45. The minimum absolute atomic E-state index is 0.292. The summed E-state index contributed by atoms with van der Waals surface area (Å²) in [5.74, 6) is 0.734. The molecule has 0 aliphatic heterocycles. The molecule has 3 N–H and O–H groups in total. The number of aryl methyl sites for hydroxylation is 1. The van der Waals surface area contributed by atoms with Gasteiger partial charge in [-0.15, -0.1) is 0 Å². The van der Waals surface area contributed by atoms with Crippen LogP contribution in [0.5, 0.6) is 0 Å². The van der Waals surface area contributed by atoms with Gasteiger partial charge in [-0.3, -0.25) is 0 Å². The summed E-state index contributed by atoms with van der Waals surface area (Å²) in [7, 11) is 0. The summed E-state index contributed by atoms with van der Waals surface area (Å²) in [4.78, 5) is 23.4. The van der Waals surface area contributed by atoms with Crippen LogP contribution >= 0.6 is 0 Å². The van der Waals surface area contributed by atoms with Crippen molar-refractivity contribution in [1.29, 1.82) is 0 Å². The highest BCUT2D eigenvalue weighted by molar-refractivity contribution is 6.06. The number of carbonyl (C=O) groups excluding carboxylic acids is 1. The highest BCUT2D eigenvalue weighted by Crippen LogP contribution is 2.26. The van der Waals surface area contributed by atoms with Gasteiger partial charge < -0.3 is 15.7 Å². The fraction of sp³-hybridized carbons (Fsp3) is 0.261. The van der Waals surface area contributed by atoms with Crippen molar-refractivity contribution < 1.29 is 9.90 Å². The van der Waals surface area contributed by atoms with Gasteiger partial charge in [0, 0.05) is 18.0 Å². The molecule has 2 amide bonds. The Kier molecular flexibility index (Phi) is 6.32. The average molecular weight is 406 g/mol. The van der Waals surface area contributed by atoms with E-state index in [9.17, 15) is 9.90 Å². The molecule has 1 atom stereocenters. The topological polar surface area (TPSA) is 90.4 Å². The van der Waals surface area contributed by atoms with Gasteiger partial charge in [-0.1, -0.05) is 35.9 Å². The number of hydrogen-bond donors (Lipinski definition) is 3. The van der Waals surface area contributed by atoms with Gasteiger partial charge in [0.2, 0.25) is 5.95 Å². The molecule has 1 aromatic heterocycles. The van der Waals surface area contributed by atoms with E-state index in [1.54, 1.807) is 26.1 Å². The average Bonchev–Trinajstić information content (AvgIpc) is 2.70. The number of para-hydroxylation sites is 1. The molecule has 2 aromatic carbocycles. The quantitative estimate of drug-likeness (QED) is 0.552. The molecular weight excluding hydrogens is 378 g/mol. The lowest BCUT2D eigenvalue weighted by molar-refractivity contribution is 0.0646. The highest BCUT2D eigenvalue weighted by atomic mass is 16.3. The lowest BCUT2D eigenvalue weighted by Gasteiger charge is -2.27. The number of benzene rings is 2. The van der Waals surface area contributed by atoms with E-state index < -0.39 is 5.60 Å². The van der Waals surface area contributed by atoms with Crippen molar-refractivity contribution in [3.63, 3.8) is 0 Å². The third-order valence-corrected chi connectivity index (χ3v) is 4.80. The Balaban J connectivity index is 1.92. The molecule has 1 unspecified atom stereocenters. The minimum Gasteiger partial charge on any atom is -0.388 e. The van der Waals surface area contributed by atoms with E-state index in [1.807, 2.05) is 68.4 Å². The molecule has 1 heterocycles. The lowest BCUT2D eigenvalue weighted by Crippen LogP contribution is -2.40. The van der Waals surface area contributed by atoms with Crippen molar-refractivity contribution in [3.05, 3.63) is 72.4 Å². The van der Waals surface area contributed by atoms with Crippen molar-refractivity contribution in [2.75, 3.05) is 15.5 Å². The third kappa shape index (κ3) is 5.33. The molecule has 0 saturated carbocycles. The van der Waals surface area contributed by atoms with E-state index in [2.05, 4.69) is 20.6 Å². The van der Waals surface area contributed by atoms with E-state index in [0.29, 0.717) is 23.1 Å². The van der Waals surface area contributed by atoms with Gasteiger partial charge >= 0.3 is 6.03 Å². The molecule has 7 nitrogen and oxygen atoms in total. The van der Waals surface area contributed by atoms with Gasteiger partial charge in [0.15, 0.2) is 0 Å². The van der Waals surface area contributed by atoms with Crippen LogP contribution in [0.1, 0.15) is 26.3 Å². The molecule has 7 heteroatoms. The monoisotopic (exact) mass is 405 g/mol. The van der Waals surface area contributed by atoms with Crippen LogP contribution < -0.4 is 15.5 Å². The van der Waals surface area contributed by atoms with Gasteiger partial charge in [-0.2, -0.15) is 4.98 Å². The van der Waals surface area contributed by atoms with Crippen LogP contribution in [0.25, 0.3) is 0 Å². The Morgan fingerprint density at radius 2 is 1.73 bits per heavy atom. The Morgan fingerprint density at radius 1 is 1.07 bits per heavy atom. The largest absolute Gasteiger partial charge is 0.388 e. The van der Waals surface area contributed by atoms with E-state index in [1.165, 1.54) is 4.90 Å². The first-order chi connectivity index (χ1) is 14.2. The predicted octanol–water partition coefficient (Wildman–Crippen LogP) is 4.73. The first-order valence-electron chi connectivity index (χ1n) is 9.79. The van der Waals surface area contributed by atoms with Gasteiger partial charge in [0.25, 0.3) is 0 Å². The van der Waals surface area contributed by atoms with Gasteiger partial charge in [0.1, 0.15) is 5.82 Å². The molecule has 3 rings (SSSR count). The van der Waals surface area contributed by atoms with Crippen molar-refractivity contribution in [2.45, 2.75) is 39.3 Å². The second-order valence-corrected chi connectivity index (χ2v) is 7.73. The molecule has 0 saturated heterocycles. The second-order valence-electron chi connectivity index (χ2n) is 7.73. The fourth-order valence-corrected chi connectivity index (χ4v) is 2.66. The molecule has 30 heavy (non-hydrogen) atoms. The molecule has 0 bridgehead atoms. The molecule has 0 spiro atoms. The first-order valence-corrected chi connectivity index (χ1v) is 9.79. The molecule has 0 fully saturated rings. The maximum absolute atomic E-state index is 13.2. The normalized spacial score (nSPS) is 12.2. The summed E-state index contributed by atoms with van der Waals surface area (Å²) in [6.45, 7) is 7.25. The summed E-state index contributed by atoms with van der Waals surface area (Å²) >= 11 is 0.